The molecular formula is C28H39N5O4. The number of morpholine rings is 1. The normalized spacial score (nSPS) is 16.4. The Morgan fingerprint density at radius 3 is 2.35 bits per heavy atom. The number of benzene rings is 2. The maximum Gasteiger partial charge on any atom is 0.253 e. The first-order valence-electron chi connectivity index (χ1n) is 13.2. The van der Waals surface area contributed by atoms with Gasteiger partial charge in [0.2, 0.25) is 5.91 Å². The van der Waals surface area contributed by atoms with Gasteiger partial charge in [0.15, 0.2) is 0 Å². The van der Waals surface area contributed by atoms with Crippen molar-refractivity contribution in [2.75, 3.05) is 87.8 Å². The Bertz CT molecular complexity index is 1050. The Morgan fingerprint density at radius 1 is 0.946 bits per heavy atom. The van der Waals surface area contributed by atoms with Crippen LogP contribution in [0.4, 0.5) is 17.1 Å². The van der Waals surface area contributed by atoms with Crippen molar-refractivity contribution in [2.24, 2.45) is 0 Å². The van der Waals surface area contributed by atoms with Gasteiger partial charge in [0.1, 0.15) is 5.75 Å². The molecule has 0 atom stereocenters. The van der Waals surface area contributed by atoms with Crippen molar-refractivity contribution in [2.45, 2.75) is 19.8 Å². The lowest BCUT2D eigenvalue weighted by Gasteiger charge is -2.38. The van der Waals surface area contributed by atoms with Crippen LogP contribution in [0.2, 0.25) is 0 Å². The van der Waals surface area contributed by atoms with E-state index in [1.807, 2.05) is 37.3 Å². The van der Waals surface area contributed by atoms with E-state index in [1.165, 1.54) is 0 Å². The molecule has 2 aliphatic rings. The van der Waals surface area contributed by atoms with Crippen LogP contribution in [0, 0.1) is 0 Å². The van der Waals surface area contributed by atoms with Crippen LogP contribution in [0.5, 0.6) is 5.75 Å². The van der Waals surface area contributed by atoms with E-state index in [0.29, 0.717) is 24.2 Å². The number of carbonyl (C=O) groups is 2. The number of hydrogen-bond donors (Lipinski definition) is 2. The molecule has 0 saturated carbocycles. The number of rotatable bonds is 10. The fourth-order valence-electron chi connectivity index (χ4n) is 4.82. The summed E-state index contributed by atoms with van der Waals surface area (Å²) >= 11 is 0. The smallest absolute Gasteiger partial charge is 0.253 e. The second-order valence-corrected chi connectivity index (χ2v) is 9.34. The molecule has 2 heterocycles. The van der Waals surface area contributed by atoms with E-state index in [1.54, 1.807) is 13.2 Å². The van der Waals surface area contributed by atoms with Crippen LogP contribution in [0.25, 0.3) is 0 Å². The lowest BCUT2D eigenvalue weighted by atomic mass is 10.1. The summed E-state index contributed by atoms with van der Waals surface area (Å²) in [5.41, 5.74) is 3.20. The lowest BCUT2D eigenvalue weighted by Crippen LogP contribution is -2.47. The van der Waals surface area contributed by atoms with Crippen molar-refractivity contribution < 1.29 is 19.1 Å². The molecule has 2 aromatic carbocycles. The maximum atomic E-state index is 13.3. The van der Waals surface area contributed by atoms with Crippen molar-refractivity contribution >= 4 is 28.9 Å². The second kappa shape index (κ2) is 13.3. The molecule has 0 aliphatic carbocycles. The summed E-state index contributed by atoms with van der Waals surface area (Å²) in [4.78, 5) is 32.2. The summed E-state index contributed by atoms with van der Waals surface area (Å²) in [5, 5.41) is 5.99. The zero-order chi connectivity index (χ0) is 26.0. The highest BCUT2D eigenvalue weighted by molar-refractivity contribution is 6.02. The zero-order valence-corrected chi connectivity index (χ0v) is 22.0. The molecule has 2 aromatic rings. The van der Waals surface area contributed by atoms with Crippen molar-refractivity contribution in [1.82, 2.24) is 10.2 Å². The van der Waals surface area contributed by atoms with Crippen LogP contribution in [0.1, 0.15) is 30.1 Å². The van der Waals surface area contributed by atoms with Crippen LogP contribution < -0.4 is 25.2 Å². The number of hydrogen-bond acceptors (Lipinski definition) is 7. The Hall–Kier alpha value is -3.30. The van der Waals surface area contributed by atoms with Crippen LogP contribution >= 0.6 is 0 Å². The molecule has 0 unspecified atom stereocenters. The van der Waals surface area contributed by atoms with E-state index < -0.39 is 0 Å². The van der Waals surface area contributed by atoms with Gasteiger partial charge in [0.25, 0.3) is 5.91 Å². The first-order valence-corrected chi connectivity index (χ1v) is 13.2. The minimum atomic E-state index is -0.114. The highest BCUT2D eigenvalue weighted by atomic mass is 16.5. The fraction of sp³-hybridized carbons (Fsp3) is 0.500. The van der Waals surface area contributed by atoms with Crippen molar-refractivity contribution in [3.63, 3.8) is 0 Å². The number of ether oxygens (including phenoxy) is 2. The third-order valence-corrected chi connectivity index (χ3v) is 6.93. The molecule has 2 saturated heterocycles. The van der Waals surface area contributed by atoms with Gasteiger partial charge in [0, 0.05) is 63.6 Å². The largest absolute Gasteiger partial charge is 0.495 e. The molecular weight excluding hydrogens is 470 g/mol. The summed E-state index contributed by atoms with van der Waals surface area (Å²) in [6.07, 6.45) is 1.26. The molecule has 4 rings (SSSR count). The summed E-state index contributed by atoms with van der Waals surface area (Å²) in [6, 6.07) is 13.7. The predicted octanol–water partition coefficient (Wildman–Crippen LogP) is 2.82. The molecule has 0 spiro atoms. The van der Waals surface area contributed by atoms with E-state index in [2.05, 4.69) is 31.4 Å². The summed E-state index contributed by atoms with van der Waals surface area (Å²) in [5.74, 6) is 0.677. The number of methoxy groups -OCH3 is 1. The first kappa shape index (κ1) is 26.8. The maximum absolute atomic E-state index is 13.3. The monoisotopic (exact) mass is 509 g/mol. The van der Waals surface area contributed by atoms with E-state index >= 15 is 0 Å². The van der Waals surface area contributed by atoms with Gasteiger partial charge in [0.05, 0.1) is 31.6 Å². The van der Waals surface area contributed by atoms with Gasteiger partial charge < -0.3 is 29.9 Å². The Kier molecular flexibility index (Phi) is 9.62. The molecule has 9 heteroatoms. The Labute approximate surface area is 219 Å². The van der Waals surface area contributed by atoms with Gasteiger partial charge in [-0.25, -0.2) is 0 Å². The predicted molar refractivity (Wildman–Crippen MR) is 147 cm³/mol. The molecule has 200 valence electrons. The van der Waals surface area contributed by atoms with E-state index in [0.717, 1.165) is 82.6 Å². The van der Waals surface area contributed by atoms with Crippen LogP contribution in [0.15, 0.2) is 42.5 Å². The molecule has 2 fully saturated rings. The van der Waals surface area contributed by atoms with Crippen LogP contribution in [-0.4, -0.2) is 89.4 Å². The molecule has 37 heavy (non-hydrogen) atoms. The summed E-state index contributed by atoms with van der Waals surface area (Å²) < 4.78 is 11.0. The average Bonchev–Trinajstić information content (AvgIpc) is 2.95. The number of carbonyl (C=O) groups excluding carboxylic acids is 2. The summed E-state index contributed by atoms with van der Waals surface area (Å²) in [7, 11) is 1.69. The topological polar surface area (TPSA) is 86.4 Å². The number of amides is 2. The van der Waals surface area contributed by atoms with E-state index in [4.69, 9.17) is 9.47 Å². The summed E-state index contributed by atoms with van der Waals surface area (Å²) in [6.45, 7) is 9.96. The zero-order valence-electron chi connectivity index (χ0n) is 22.0. The van der Waals surface area contributed by atoms with Crippen molar-refractivity contribution in [3.8, 4) is 5.75 Å². The third-order valence-electron chi connectivity index (χ3n) is 6.93. The molecule has 9 nitrogen and oxygen atoms in total. The van der Waals surface area contributed by atoms with Gasteiger partial charge in [-0.15, -0.1) is 0 Å². The van der Waals surface area contributed by atoms with Gasteiger partial charge in [-0.3, -0.25) is 14.5 Å². The average molecular weight is 510 g/mol. The van der Waals surface area contributed by atoms with Crippen molar-refractivity contribution in [1.29, 1.82) is 0 Å². The second-order valence-electron chi connectivity index (χ2n) is 9.34. The molecule has 0 aromatic heterocycles. The number of nitrogens with zero attached hydrogens (tertiary/aromatic N) is 3. The highest BCUT2D eigenvalue weighted by Crippen LogP contribution is 2.31. The van der Waals surface area contributed by atoms with Gasteiger partial charge in [-0.2, -0.15) is 0 Å². The van der Waals surface area contributed by atoms with E-state index in [-0.39, 0.29) is 11.8 Å². The quantitative estimate of drug-likeness (QED) is 0.477. The molecule has 2 N–H and O–H groups in total. The number of para-hydroxylation sites is 2. The Morgan fingerprint density at radius 2 is 1.65 bits per heavy atom. The number of nitrogens with one attached hydrogen (secondary N) is 2. The first-order chi connectivity index (χ1) is 18.1. The fourth-order valence-corrected chi connectivity index (χ4v) is 4.82. The molecule has 2 amide bonds. The van der Waals surface area contributed by atoms with Crippen LogP contribution in [-0.2, 0) is 9.53 Å². The molecule has 2 aliphatic heterocycles. The van der Waals surface area contributed by atoms with Crippen molar-refractivity contribution in [3.05, 3.63) is 48.0 Å². The minimum absolute atomic E-state index is 0.0740. The standard InChI is InChI=1S/C28H39N5O4/c1-3-27(34)30-22-9-10-24(23(21-22)28(35)29-11-6-12-31-17-19-37-20-18-31)32-13-15-33(16-14-32)25-7-4-5-8-26(25)36-2/h4-5,7-10,21H,3,6,11-20H2,1-2H3,(H,29,35)(H,30,34). The molecule has 0 bridgehead atoms. The Balaban J connectivity index is 1.43. The minimum Gasteiger partial charge on any atom is -0.495 e. The van der Waals surface area contributed by atoms with Gasteiger partial charge in [-0.1, -0.05) is 19.1 Å². The van der Waals surface area contributed by atoms with Crippen LogP contribution in [0.3, 0.4) is 0 Å². The van der Waals surface area contributed by atoms with Gasteiger partial charge in [-0.05, 0) is 43.3 Å². The highest BCUT2D eigenvalue weighted by Gasteiger charge is 2.24. The number of anilines is 3. The lowest BCUT2D eigenvalue weighted by molar-refractivity contribution is -0.115. The van der Waals surface area contributed by atoms with Gasteiger partial charge >= 0.3 is 0 Å². The number of piperazine rings is 1. The third kappa shape index (κ3) is 7.14. The molecule has 0 radical (unpaired) electrons. The SMILES string of the molecule is CCC(=O)Nc1ccc(N2CCN(c3ccccc3OC)CC2)c(C(=O)NCCCN2CCOCC2)c1. The van der Waals surface area contributed by atoms with E-state index in [9.17, 15) is 9.59 Å².